The first kappa shape index (κ1) is 27.5. The Kier molecular flexibility index (Phi) is 9.14. The monoisotopic (exact) mass is 525 g/mol. The molecule has 0 radical (unpaired) electrons. The van der Waals surface area contributed by atoms with E-state index in [4.69, 9.17) is 14.5 Å². The minimum absolute atomic E-state index is 0. The molecular formula is C30H40ClN3O3. The summed E-state index contributed by atoms with van der Waals surface area (Å²) in [7, 11) is 2.19. The predicted octanol–water partition coefficient (Wildman–Crippen LogP) is 5.56. The second-order valence-corrected chi connectivity index (χ2v) is 10.2. The lowest BCUT2D eigenvalue weighted by Crippen LogP contribution is -2.41. The van der Waals surface area contributed by atoms with E-state index in [0.717, 1.165) is 79.3 Å². The van der Waals surface area contributed by atoms with Crippen LogP contribution in [-0.4, -0.2) is 73.9 Å². The number of ether oxygens (including phenoxy) is 2. The Labute approximate surface area is 227 Å². The first-order chi connectivity index (χ1) is 17.6. The number of likely N-dealkylation sites (N-methyl/N-ethyl adjacent to an activating group) is 1. The zero-order valence-electron chi connectivity index (χ0n) is 22.4. The van der Waals surface area contributed by atoms with Gasteiger partial charge in [-0.05, 0) is 76.5 Å². The SMILES string of the molecule is CCOc1cc2c(cc1OCC)[C@@H]1CN(C)CC[C@@H]1N=C2c1ccc(C(=O)N2CCCCCC2)cc1.Cl. The molecular weight excluding hydrogens is 486 g/mol. The molecule has 2 aromatic rings. The van der Waals surface area contributed by atoms with Gasteiger partial charge in [-0.1, -0.05) is 25.0 Å². The standard InChI is InChI=1S/C30H39N3O3.ClH/c1-4-35-27-18-23-24(19-28(27)36-5-2)29(31-26-14-17-32(3)20-25(23)26)21-10-12-22(13-11-21)30(34)33-15-8-6-7-9-16-33;/h10-13,18-19,25-26H,4-9,14-17,20H2,1-3H3;1H/t25-,26-;/m0./s1. The van der Waals surface area contributed by atoms with Crippen LogP contribution in [0.1, 0.15) is 78.9 Å². The van der Waals surface area contributed by atoms with Crippen LogP contribution in [0.4, 0.5) is 0 Å². The summed E-state index contributed by atoms with van der Waals surface area (Å²) >= 11 is 0. The summed E-state index contributed by atoms with van der Waals surface area (Å²) in [6.45, 7) is 8.93. The molecule has 3 aliphatic rings. The number of piperidine rings is 1. The first-order valence-electron chi connectivity index (χ1n) is 13.7. The number of hydrogen-bond donors (Lipinski definition) is 0. The van der Waals surface area contributed by atoms with Gasteiger partial charge in [0.25, 0.3) is 5.91 Å². The van der Waals surface area contributed by atoms with Gasteiger partial charge in [0.05, 0.1) is 25.0 Å². The molecule has 2 aromatic carbocycles. The summed E-state index contributed by atoms with van der Waals surface area (Å²) in [4.78, 5) is 22.8. The summed E-state index contributed by atoms with van der Waals surface area (Å²) in [5.74, 6) is 2.05. The van der Waals surface area contributed by atoms with Crippen molar-refractivity contribution in [1.29, 1.82) is 0 Å². The summed E-state index contributed by atoms with van der Waals surface area (Å²) in [6.07, 6.45) is 5.66. The Morgan fingerprint density at radius 1 is 0.946 bits per heavy atom. The van der Waals surface area contributed by atoms with E-state index in [1.54, 1.807) is 0 Å². The van der Waals surface area contributed by atoms with Crippen molar-refractivity contribution in [3.8, 4) is 11.5 Å². The number of amides is 1. The lowest BCUT2D eigenvalue weighted by Gasteiger charge is -2.39. The minimum Gasteiger partial charge on any atom is -0.490 e. The molecule has 200 valence electrons. The van der Waals surface area contributed by atoms with E-state index in [0.29, 0.717) is 19.1 Å². The van der Waals surface area contributed by atoms with Gasteiger partial charge in [-0.3, -0.25) is 9.79 Å². The van der Waals surface area contributed by atoms with Crippen LogP contribution >= 0.6 is 12.4 Å². The van der Waals surface area contributed by atoms with Crippen molar-refractivity contribution in [3.05, 3.63) is 58.7 Å². The third-order valence-corrected chi connectivity index (χ3v) is 7.74. The second kappa shape index (κ2) is 12.3. The molecule has 0 saturated carbocycles. The van der Waals surface area contributed by atoms with E-state index in [-0.39, 0.29) is 24.4 Å². The number of likely N-dealkylation sites (tertiary alicyclic amines) is 2. The topological polar surface area (TPSA) is 54.4 Å². The molecule has 3 aliphatic heterocycles. The Bertz CT molecular complexity index is 1110. The minimum atomic E-state index is 0. The number of carbonyl (C=O) groups excluding carboxylic acids is 1. The summed E-state index contributed by atoms with van der Waals surface area (Å²) < 4.78 is 12.0. The molecule has 0 bridgehead atoms. The smallest absolute Gasteiger partial charge is 0.253 e. The number of carbonyl (C=O) groups is 1. The van der Waals surface area contributed by atoms with E-state index in [1.807, 2.05) is 30.9 Å². The largest absolute Gasteiger partial charge is 0.490 e. The maximum Gasteiger partial charge on any atom is 0.253 e. The fourth-order valence-electron chi connectivity index (χ4n) is 5.88. The van der Waals surface area contributed by atoms with Gasteiger partial charge >= 0.3 is 0 Å². The molecule has 0 aromatic heterocycles. The van der Waals surface area contributed by atoms with E-state index in [2.05, 4.69) is 36.2 Å². The molecule has 1 amide bonds. The van der Waals surface area contributed by atoms with Crippen molar-refractivity contribution in [3.63, 3.8) is 0 Å². The van der Waals surface area contributed by atoms with Crippen LogP contribution in [0, 0.1) is 0 Å². The van der Waals surface area contributed by atoms with Crippen LogP contribution in [0.25, 0.3) is 0 Å². The van der Waals surface area contributed by atoms with Crippen LogP contribution in [0.5, 0.6) is 11.5 Å². The normalized spacial score (nSPS) is 21.6. The molecule has 6 nitrogen and oxygen atoms in total. The molecule has 3 heterocycles. The first-order valence-corrected chi connectivity index (χ1v) is 13.7. The van der Waals surface area contributed by atoms with Crippen LogP contribution < -0.4 is 9.47 Å². The van der Waals surface area contributed by atoms with Crippen LogP contribution in [0.2, 0.25) is 0 Å². The van der Waals surface area contributed by atoms with Crippen LogP contribution in [-0.2, 0) is 0 Å². The van der Waals surface area contributed by atoms with Crippen molar-refractivity contribution in [2.45, 2.75) is 57.9 Å². The Morgan fingerprint density at radius 2 is 1.59 bits per heavy atom. The molecule has 0 unspecified atom stereocenters. The van der Waals surface area contributed by atoms with Gasteiger partial charge in [0, 0.05) is 42.2 Å². The van der Waals surface area contributed by atoms with Crippen LogP contribution in [0.15, 0.2) is 41.4 Å². The summed E-state index contributed by atoms with van der Waals surface area (Å²) in [5.41, 5.74) is 5.20. The van der Waals surface area contributed by atoms with Crippen LogP contribution in [0.3, 0.4) is 0 Å². The summed E-state index contributed by atoms with van der Waals surface area (Å²) in [6, 6.07) is 12.6. The Balaban J connectivity index is 0.00000320. The van der Waals surface area contributed by atoms with Gasteiger partial charge in [0.15, 0.2) is 11.5 Å². The number of hydrogen-bond acceptors (Lipinski definition) is 5. The fourth-order valence-corrected chi connectivity index (χ4v) is 5.88. The van der Waals surface area contributed by atoms with Gasteiger partial charge in [0.2, 0.25) is 0 Å². The maximum absolute atomic E-state index is 13.1. The highest BCUT2D eigenvalue weighted by molar-refractivity contribution is 6.15. The number of halogens is 1. The van der Waals surface area contributed by atoms with Gasteiger partial charge in [-0.15, -0.1) is 12.4 Å². The third kappa shape index (κ3) is 5.80. The van der Waals surface area contributed by atoms with Gasteiger partial charge < -0.3 is 19.3 Å². The molecule has 0 aliphatic carbocycles. The zero-order chi connectivity index (χ0) is 25.1. The van der Waals surface area contributed by atoms with E-state index < -0.39 is 0 Å². The average Bonchev–Trinajstić information content (AvgIpc) is 3.19. The molecule has 5 rings (SSSR count). The van der Waals surface area contributed by atoms with Crippen molar-refractivity contribution in [2.24, 2.45) is 4.99 Å². The Hall–Kier alpha value is -2.57. The van der Waals surface area contributed by atoms with Crippen molar-refractivity contribution >= 4 is 24.0 Å². The average molecular weight is 526 g/mol. The van der Waals surface area contributed by atoms with Gasteiger partial charge in [-0.25, -0.2) is 0 Å². The third-order valence-electron chi connectivity index (χ3n) is 7.74. The van der Waals surface area contributed by atoms with Crippen molar-refractivity contribution < 1.29 is 14.3 Å². The predicted molar refractivity (Wildman–Crippen MR) is 151 cm³/mol. The quantitative estimate of drug-likeness (QED) is 0.495. The molecule has 0 N–H and O–H groups in total. The number of aliphatic imine (C=N–C) groups is 1. The molecule has 37 heavy (non-hydrogen) atoms. The summed E-state index contributed by atoms with van der Waals surface area (Å²) in [5, 5.41) is 0. The van der Waals surface area contributed by atoms with E-state index in [9.17, 15) is 4.79 Å². The number of benzene rings is 2. The maximum atomic E-state index is 13.1. The molecule has 0 spiro atoms. The van der Waals surface area contributed by atoms with Gasteiger partial charge in [0.1, 0.15) is 0 Å². The molecule has 2 fully saturated rings. The highest BCUT2D eigenvalue weighted by Crippen LogP contribution is 2.42. The van der Waals surface area contributed by atoms with E-state index in [1.165, 1.54) is 18.4 Å². The van der Waals surface area contributed by atoms with Crippen molar-refractivity contribution in [1.82, 2.24) is 9.80 Å². The zero-order valence-corrected chi connectivity index (χ0v) is 23.2. The number of rotatable bonds is 6. The number of fused-ring (bicyclic) bond motifs is 3. The highest BCUT2D eigenvalue weighted by Gasteiger charge is 2.36. The van der Waals surface area contributed by atoms with Crippen molar-refractivity contribution in [2.75, 3.05) is 46.4 Å². The second-order valence-electron chi connectivity index (χ2n) is 10.2. The lowest BCUT2D eigenvalue weighted by molar-refractivity contribution is 0.0761. The molecule has 2 saturated heterocycles. The fraction of sp³-hybridized carbons (Fsp3) is 0.533. The van der Waals surface area contributed by atoms with Gasteiger partial charge in [-0.2, -0.15) is 0 Å². The highest BCUT2D eigenvalue weighted by atomic mass is 35.5. The number of nitrogens with zero attached hydrogens (tertiary/aromatic N) is 3. The Morgan fingerprint density at radius 3 is 2.24 bits per heavy atom. The van der Waals surface area contributed by atoms with E-state index >= 15 is 0 Å². The molecule has 7 heteroatoms. The lowest BCUT2D eigenvalue weighted by atomic mass is 9.79. The molecule has 2 atom stereocenters.